The number of ether oxygens (including phenoxy) is 3. The van der Waals surface area contributed by atoms with Crippen molar-refractivity contribution in [1.82, 2.24) is 9.97 Å². The van der Waals surface area contributed by atoms with Gasteiger partial charge in [0.1, 0.15) is 29.3 Å². The Hall–Kier alpha value is -3.81. The molecular formula is C22H24N4O4. The first kappa shape index (κ1) is 20.9. The average Bonchev–Trinajstić information content (AvgIpc) is 2.75. The molecule has 0 saturated carbocycles. The number of benzene rings is 2. The van der Waals surface area contributed by atoms with Crippen molar-refractivity contribution >= 4 is 17.3 Å². The second-order valence-electron chi connectivity index (χ2n) is 6.64. The number of carbonyl (C=O) groups is 1. The summed E-state index contributed by atoms with van der Waals surface area (Å²) < 4.78 is 16.5. The molecule has 0 atom stereocenters. The lowest BCUT2D eigenvalue weighted by Gasteiger charge is -2.15. The summed E-state index contributed by atoms with van der Waals surface area (Å²) in [5.74, 6) is 1.85. The fourth-order valence-electron chi connectivity index (χ4n) is 2.81. The summed E-state index contributed by atoms with van der Waals surface area (Å²) in [4.78, 5) is 22.8. The lowest BCUT2D eigenvalue weighted by molar-refractivity contribution is -0.115. The molecule has 0 fully saturated rings. The number of amides is 1. The first-order valence-corrected chi connectivity index (χ1v) is 9.26. The molecular weight excluding hydrogens is 384 g/mol. The van der Waals surface area contributed by atoms with Crippen molar-refractivity contribution in [3.63, 3.8) is 0 Å². The van der Waals surface area contributed by atoms with E-state index >= 15 is 0 Å². The maximum atomic E-state index is 12.7. The molecule has 0 saturated heterocycles. The molecule has 1 amide bonds. The van der Waals surface area contributed by atoms with E-state index in [0.29, 0.717) is 28.5 Å². The van der Waals surface area contributed by atoms with Crippen molar-refractivity contribution in [2.24, 2.45) is 0 Å². The van der Waals surface area contributed by atoms with Gasteiger partial charge in [-0.25, -0.2) is 4.98 Å². The summed E-state index contributed by atoms with van der Waals surface area (Å²) in [5, 5.41) is 2.81. The van der Waals surface area contributed by atoms with Gasteiger partial charge in [-0.3, -0.25) is 4.79 Å². The zero-order valence-corrected chi connectivity index (χ0v) is 17.4. The van der Waals surface area contributed by atoms with Crippen LogP contribution in [-0.2, 0) is 11.2 Å². The van der Waals surface area contributed by atoms with Crippen molar-refractivity contribution in [3.8, 4) is 23.1 Å². The topological polar surface area (TPSA) is 85.8 Å². The second kappa shape index (κ2) is 9.60. The molecule has 0 aliphatic rings. The molecule has 3 aromatic rings. The summed E-state index contributed by atoms with van der Waals surface area (Å²) in [6.07, 6.45) is 2.95. The average molecular weight is 408 g/mol. The number of carbonyl (C=O) groups excluding carboxylic acids is 1. The molecule has 3 rings (SSSR count). The van der Waals surface area contributed by atoms with Crippen LogP contribution in [0.3, 0.4) is 0 Å². The molecule has 2 aromatic carbocycles. The van der Waals surface area contributed by atoms with Gasteiger partial charge in [0.25, 0.3) is 0 Å². The zero-order chi connectivity index (χ0) is 21.5. The van der Waals surface area contributed by atoms with Crippen LogP contribution in [0.15, 0.2) is 55.0 Å². The molecule has 0 spiro atoms. The lowest BCUT2D eigenvalue weighted by atomic mass is 10.1. The Labute approximate surface area is 175 Å². The van der Waals surface area contributed by atoms with Crippen LogP contribution in [0.25, 0.3) is 0 Å². The number of aromatic nitrogens is 2. The van der Waals surface area contributed by atoms with E-state index in [1.807, 2.05) is 43.3 Å². The molecule has 1 N–H and O–H groups in total. The third-order valence-corrected chi connectivity index (χ3v) is 4.34. The molecule has 0 radical (unpaired) electrons. The van der Waals surface area contributed by atoms with E-state index < -0.39 is 0 Å². The zero-order valence-electron chi connectivity index (χ0n) is 17.4. The number of nitrogens with one attached hydrogen (secondary N) is 1. The molecule has 0 aliphatic carbocycles. The number of anilines is 2. The normalized spacial score (nSPS) is 10.3. The maximum absolute atomic E-state index is 12.7. The smallest absolute Gasteiger partial charge is 0.246 e. The van der Waals surface area contributed by atoms with Crippen LogP contribution in [0, 0.1) is 0 Å². The molecule has 30 heavy (non-hydrogen) atoms. The predicted octanol–water partition coefficient (Wildman–Crippen LogP) is 3.53. The van der Waals surface area contributed by atoms with E-state index in [-0.39, 0.29) is 18.2 Å². The van der Waals surface area contributed by atoms with Crippen molar-refractivity contribution < 1.29 is 19.0 Å². The van der Waals surface area contributed by atoms with E-state index in [4.69, 9.17) is 14.2 Å². The SMILES string of the molecule is COc1ccc(OC)c(CC(=O)Nc2cncnc2Oc2cccc(N(C)C)c2)c1. The molecule has 156 valence electrons. The van der Waals surface area contributed by atoms with Crippen molar-refractivity contribution in [1.29, 1.82) is 0 Å². The standard InChI is InChI=1S/C22H24N4O4/c1-26(2)16-6-5-7-18(12-16)30-22-19(13-23-14-24-22)25-21(27)11-15-10-17(28-3)8-9-20(15)29-4/h5-10,12-14H,11H2,1-4H3,(H,25,27). The number of hydrogen-bond donors (Lipinski definition) is 1. The van der Waals surface area contributed by atoms with Crippen LogP contribution >= 0.6 is 0 Å². The number of rotatable bonds is 8. The number of nitrogens with zero attached hydrogens (tertiary/aromatic N) is 3. The van der Waals surface area contributed by atoms with Gasteiger partial charge in [-0.2, -0.15) is 4.98 Å². The lowest BCUT2D eigenvalue weighted by Crippen LogP contribution is -2.16. The highest BCUT2D eigenvalue weighted by molar-refractivity contribution is 5.93. The Kier molecular flexibility index (Phi) is 6.69. The highest BCUT2D eigenvalue weighted by atomic mass is 16.5. The summed E-state index contributed by atoms with van der Waals surface area (Å²) in [6.45, 7) is 0. The third kappa shape index (κ3) is 5.16. The van der Waals surface area contributed by atoms with Gasteiger partial charge in [-0.1, -0.05) is 6.07 Å². The maximum Gasteiger partial charge on any atom is 0.246 e. The van der Waals surface area contributed by atoms with Gasteiger partial charge >= 0.3 is 0 Å². The molecule has 0 aliphatic heterocycles. The van der Waals surface area contributed by atoms with Crippen molar-refractivity contribution in [3.05, 3.63) is 60.6 Å². The van der Waals surface area contributed by atoms with Crippen LogP contribution in [0.2, 0.25) is 0 Å². The van der Waals surface area contributed by atoms with Crippen LogP contribution in [-0.4, -0.2) is 44.2 Å². The van der Waals surface area contributed by atoms with Crippen LogP contribution in [0.1, 0.15) is 5.56 Å². The van der Waals surface area contributed by atoms with Crippen LogP contribution in [0.4, 0.5) is 11.4 Å². The van der Waals surface area contributed by atoms with Gasteiger partial charge in [0.15, 0.2) is 0 Å². The fourth-order valence-corrected chi connectivity index (χ4v) is 2.81. The largest absolute Gasteiger partial charge is 0.497 e. The van der Waals surface area contributed by atoms with Gasteiger partial charge in [0, 0.05) is 31.4 Å². The first-order chi connectivity index (χ1) is 14.5. The van der Waals surface area contributed by atoms with Gasteiger partial charge in [0.2, 0.25) is 11.8 Å². The molecule has 8 heteroatoms. The monoisotopic (exact) mass is 408 g/mol. The highest BCUT2D eigenvalue weighted by Crippen LogP contribution is 2.29. The Balaban J connectivity index is 1.77. The predicted molar refractivity (Wildman–Crippen MR) is 115 cm³/mol. The first-order valence-electron chi connectivity index (χ1n) is 9.26. The Morgan fingerprint density at radius 2 is 1.90 bits per heavy atom. The summed E-state index contributed by atoms with van der Waals surface area (Å²) >= 11 is 0. The number of methoxy groups -OCH3 is 2. The Morgan fingerprint density at radius 1 is 1.07 bits per heavy atom. The third-order valence-electron chi connectivity index (χ3n) is 4.34. The van der Waals surface area contributed by atoms with Crippen LogP contribution < -0.4 is 24.4 Å². The Morgan fingerprint density at radius 3 is 2.63 bits per heavy atom. The number of hydrogen-bond acceptors (Lipinski definition) is 7. The quantitative estimate of drug-likeness (QED) is 0.610. The van der Waals surface area contributed by atoms with Gasteiger partial charge in [0.05, 0.1) is 26.8 Å². The van der Waals surface area contributed by atoms with Crippen molar-refractivity contribution in [2.45, 2.75) is 6.42 Å². The fraction of sp³-hybridized carbons (Fsp3) is 0.227. The minimum absolute atomic E-state index is 0.0881. The molecule has 1 heterocycles. The second-order valence-corrected chi connectivity index (χ2v) is 6.64. The Bertz CT molecular complexity index is 1020. The van der Waals surface area contributed by atoms with E-state index in [1.165, 1.54) is 12.5 Å². The molecule has 0 unspecified atom stereocenters. The minimum atomic E-state index is -0.261. The van der Waals surface area contributed by atoms with Gasteiger partial charge in [-0.15, -0.1) is 0 Å². The summed E-state index contributed by atoms with van der Waals surface area (Å²) in [7, 11) is 7.02. The van der Waals surface area contributed by atoms with E-state index in [1.54, 1.807) is 32.4 Å². The molecule has 0 bridgehead atoms. The molecule has 8 nitrogen and oxygen atoms in total. The molecule has 1 aromatic heterocycles. The minimum Gasteiger partial charge on any atom is -0.497 e. The summed E-state index contributed by atoms with van der Waals surface area (Å²) in [5.41, 5.74) is 2.06. The van der Waals surface area contributed by atoms with E-state index in [0.717, 1.165) is 5.69 Å². The van der Waals surface area contributed by atoms with E-state index in [9.17, 15) is 4.79 Å². The van der Waals surface area contributed by atoms with Crippen LogP contribution in [0.5, 0.6) is 23.1 Å². The highest BCUT2D eigenvalue weighted by Gasteiger charge is 2.14. The van der Waals surface area contributed by atoms with Gasteiger partial charge in [-0.05, 0) is 30.3 Å². The van der Waals surface area contributed by atoms with Crippen molar-refractivity contribution in [2.75, 3.05) is 38.5 Å². The van der Waals surface area contributed by atoms with Gasteiger partial charge < -0.3 is 24.4 Å². The summed E-state index contributed by atoms with van der Waals surface area (Å²) in [6, 6.07) is 12.9. The van der Waals surface area contributed by atoms with E-state index in [2.05, 4.69) is 15.3 Å².